The van der Waals surface area contributed by atoms with Crippen LogP contribution in [0.2, 0.25) is 0 Å². The molecule has 1 fully saturated rings. The summed E-state index contributed by atoms with van der Waals surface area (Å²) < 4.78 is 0. The van der Waals surface area contributed by atoms with E-state index in [9.17, 15) is 4.79 Å². The van der Waals surface area contributed by atoms with Crippen LogP contribution < -0.4 is 5.32 Å². The number of carbonyl (C=O) groups is 1. The molecule has 1 heterocycles. The summed E-state index contributed by atoms with van der Waals surface area (Å²) >= 11 is 0. The number of urea groups is 1. The molecule has 22 heavy (non-hydrogen) atoms. The number of nitrogens with zero attached hydrogens (tertiary/aromatic N) is 3. The van der Waals surface area contributed by atoms with E-state index in [4.69, 9.17) is 0 Å². The van der Waals surface area contributed by atoms with Crippen molar-refractivity contribution in [3.05, 3.63) is 30.3 Å². The maximum atomic E-state index is 12.4. The first-order chi connectivity index (χ1) is 10.5. The lowest BCUT2D eigenvalue weighted by molar-refractivity contribution is 0.0540. The summed E-state index contributed by atoms with van der Waals surface area (Å²) in [6.07, 6.45) is 0. The van der Waals surface area contributed by atoms with Gasteiger partial charge in [-0.05, 0) is 40.1 Å². The van der Waals surface area contributed by atoms with Gasteiger partial charge in [0.2, 0.25) is 0 Å². The number of likely N-dealkylation sites (N-methyl/N-ethyl adjacent to an activating group) is 1. The lowest BCUT2D eigenvalue weighted by Crippen LogP contribution is -2.59. The molecule has 0 bridgehead atoms. The molecule has 2 amide bonds. The van der Waals surface area contributed by atoms with Gasteiger partial charge in [0.1, 0.15) is 0 Å². The maximum absolute atomic E-state index is 12.4. The summed E-state index contributed by atoms with van der Waals surface area (Å²) in [4.78, 5) is 19.0. The second-order valence-corrected chi connectivity index (χ2v) is 6.44. The summed E-state index contributed by atoms with van der Waals surface area (Å²) in [7, 11) is 4.19. The Bertz CT molecular complexity index is 465. The predicted molar refractivity (Wildman–Crippen MR) is 91.2 cm³/mol. The number of piperazine rings is 1. The van der Waals surface area contributed by atoms with E-state index in [0.29, 0.717) is 12.1 Å². The number of hydrogen-bond acceptors (Lipinski definition) is 3. The molecule has 2 unspecified atom stereocenters. The normalized spacial score (nSPS) is 22.9. The van der Waals surface area contributed by atoms with Gasteiger partial charge in [-0.25, -0.2) is 4.79 Å². The highest BCUT2D eigenvalue weighted by Crippen LogP contribution is 2.17. The third-order valence-corrected chi connectivity index (χ3v) is 4.22. The summed E-state index contributed by atoms with van der Waals surface area (Å²) in [5.41, 5.74) is 0.850. The average Bonchev–Trinajstić information content (AvgIpc) is 2.47. The molecule has 1 aliphatic rings. The third kappa shape index (κ3) is 4.45. The van der Waals surface area contributed by atoms with Crippen molar-refractivity contribution >= 4 is 11.7 Å². The van der Waals surface area contributed by atoms with E-state index in [-0.39, 0.29) is 6.03 Å². The van der Waals surface area contributed by atoms with Crippen LogP contribution in [0.4, 0.5) is 10.5 Å². The van der Waals surface area contributed by atoms with E-state index >= 15 is 0 Å². The first kappa shape index (κ1) is 16.8. The number of nitrogens with one attached hydrogen (secondary N) is 1. The molecule has 0 aliphatic carbocycles. The van der Waals surface area contributed by atoms with E-state index < -0.39 is 0 Å². The second-order valence-electron chi connectivity index (χ2n) is 6.44. The highest BCUT2D eigenvalue weighted by molar-refractivity contribution is 5.89. The smallest absolute Gasteiger partial charge is 0.321 e. The van der Waals surface area contributed by atoms with Gasteiger partial charge in [0.25, 0.3) is 0 Å². The summed E-state index contributed by atoms with van der Waals surface area (Å²) in [6, 6.07) is 10.4. The molecular weight excluding hydrogens is 276 g/mol. The van der Waals surface area contributed by atoms with Crippen LogP contribution >= 0.6 is 0 Å². The standard InChI is InChI=1S/C17H28N4O/c1-14-12-20(13-15(2)21(14)11-10-19(3)4)17(22)18-16-8-6-5-7-9-16/h5-9,14-15H,10-13H2,1-4H3,(H,18,22). The molecule has 2 atom stereocenters. The Kier molecular flexibility index (Phi) is 5.80. The van der Waals surface area contributed by atoms with Crippen LogP contribution in [0.15, 0.2) is 30.3 Å². The van der Waals surface area contributed by atoms with Crippen molar-refractivity contribution in [3.63, 3.8) is 0 Å². The zero-order valence-electron chi connectivity index (χ0n) is 14.1. The summed E-state index contributed by atoms with van der Waals surface area (Å²) in [6.45, 7) is 8.05. The van der Waals surface area contributed by atoms with Gasteiger partial charge in [-0.2, -0.15) is 0 Å². The predicted octanol–water partition coefficient (Wildman–Crippen LogP) is 2.17. The van der Waals surface area contributed by atoms with E-state index in [0.717, 1.165) is 31.9 Å². The fraction of sp³-hybridized carbons (Fsp3) is 0.588. The number of rotatable bonds is 4. The Hall–Kier alpha value is -1.59. The number of benzene rings is 1. The van der Waals surface area contributed by atoms with E-state index in [1.165, 1.54) is 0 Å². The lowest BCUT2D eigenvalue weighted by atomic mass is 10.1. The SMILES string of the molecule is CC1CN(C(=O)Nc2ccccc2)CC(C)N1CCN(C)C. The molecule has 0 radical (unpaired) electrons. The summed E-state index contributed by atoms with van der Waals surface area (Å²) in [5.74, 6) is 0. The molecule has 1 aliphatic heterocycles. The molecule has 122 valence electrons. The van der Waals surface area contributed by atoms with Crippen LogP contribution in [0.5, 0.6) is 0 Å². The first-order valence-corrected chi connectivity index (χ1v) is 7.99. The van der Waals surface area contributed by atoms with Crippen molar-refractivity contribution in [2.24, 2.45) is 0 Å². The molecule has 5 nitrogen and oxygen atoms in total. The Balaban J connectivity index is 1.91. The van der Waals surface area contributed by atoms with Gasteiger partial charge in [0.05, 0.1) is 0 Å². The van der Waals surface area contributed by atoms with Crippen molar-refractivity contribution in [3.8, 4) is 0 Å². The summed E-state index contributed by atoms with van der Waals surface area (Å²) in [5, 5.41) is 2.98. The number of carbonyl (C=O) groups excluding carboxylic acids is 1. The number of amides is 2. The van der Waals surface area contributed by atoms with Crippen LogP contribution in [0, 0.1) is 0 Å². The van der Waals surface area contributed by atoms with Crippen LogP contribution in [0.25, 0.3) is 0 Å². The van der Waals surface area contributed by atoms with Gasteiger partial charge in [0.15, 0.2) is 0 Å². The Morgan fingerprint density at radius 1 is 1.18 bits per heavy atom. The minimum atomic E-state index is -0.00263. The van der Waals surface area contributed by atoms with Crippen LogP contribution in [-0.4, -0.2) is 73.1 Å². The lowest BCUT2D eigenvalue weighted by Gasteiger charge is -2.44. The Labute approximate surface area is 133 Å². The largest absolute Gasteiger partial charge is 0.321 e. The molecule has 0 saturated carbocycles. The van der Waals surface area contributed by atoms with E-state index in [2.05, 4.69) is 43.1 Å². The van der Waals surface area contributed by atoms with Gasteiger partial charge in [0, 0.05) is 44.0 Å². The molecule has 0 aromatic heterocycles. The van der Waals surface area contributed by atoms with E-state index in [1.54, 1.807) is 0 Å². The Morgan fingerprint density at radius 3 is 2.32 bits per heavy atom. The number of anilines is 1. The molecule has 1 saturated heterocycles. The monoisotopic (exact) mass is 304 g/mol. The molecule has 0 spiro atoms. The minimum absolute atomic E-state index is 0.00263. The second kappa shape index (κ2) is 7.61. The number of hydrogen-bond donors (Lipinski definition) is 1. The van der Waals surface area contributed by atoms with Gasteiger partial charge in [-0.3, -0.25) is 4.90 Å². The third-order valence-electron chi connectivity index (χ3n) is 4.22. The Morgan fingerprint density at radius 2 is 1.77 bits per heavy atom. The fourth-order valence-electron chi connectivity index (χ4n) is 3.00. The van der Waals surface area contributed by atoms with Crippen molar-refractivity contribution in [2.75, 3.05) is 45.6 Å². The zero-order chi connectivity index (χ0) is 16.1. The molecule has 2 rings (SSSR count). The van der Waals surface area contributed by atoms with Crippen molar-refractivity contribution in [1.29, 1.82) is 0 Å². The topological polar surface area (TPSA) is 38.8 Å². The van der Waals surface area contributed by atoms with Crippen LogP contribution in [0.1, 0.15) is 13.8 Å². The molecular formula is C17H28N4O. The fourth-order valence-corrected chi connectivity index (χ4v) is 3.00. The van der Waals surface area contributed by atoms with Gasteiger partial charge >= 0.3 is 6.03 Å². The highest BCUT2D eigenvalue weighted by atomic mass is 16.2. The molecule has 1 aromatic carbocycles. The average molecular weight is 304 g/mol. The van der Waals surface area contributed by atoms with Crippen LogP contribution in [-0.2, 0) is 0 Å². The molecule has 1 aromatic rings. The molecule has 1 N–H and O–H groups in total. The zero-order valence-corrected chi connectivity index (χ0v) is 14.1. The van der Waals surface area contributed by atoms with Crippen molar-refractivity contribution < 1.29 is 4.79 Å². The van der Waals surface area contributed by atoms with E-state index in [1.807, 2.05) is 35.2 Å². The van der Waals surface area contributed by atoms with Crippen molar-refractivity contribution in [2.45, 2.75) is 25.9 Å². The molecule has 5 heteroatoms. The minimum Gasteiger partial charge on any atom is -0.321 e. The highest BCUT2D eigenvalue weighted by Gasteiger charge is 2.31. The van der Waals surface area contributed by atoms with Gasteiger partial charge in [-0.1, -0.05) is 18.2 Å². The maximum Gasteiger partial charge on any atom is 0.321 e. The number of para-hydroxylation sites is 1. The van der Waals surface area contributed by atoms with Gasteiger partial charge < -0.3 is 15.1 Å². The first-order valence-electron chi connectivity index (χ1n) is 7.99. The van der Waals surface area contributed by atoms with Crippen LogP contribution in [0.3, 0.4) is 0 Å². The quantitative estimate of drug-likeness (QED) is 0.926. The van der Waals surface area contributed by atoms with Gasteiger partial charge in [-0.15, -0.1) is 0 Å². The van der Waals surface area contributed by atoms with Crippen molar-refractivity contribution in [1.82, 2.24) is 14.7 Å².